The molecule has 0 aliphatic heterocycles. The van der Waals surface area contributed by atoms with E-state index in [1.807, 2.05) is 0 Å². The molecule has 0 aromatic carbocycles. The standard InChI is InChI=1S/C20H30N8O9/c21-11(1-3-14(22)29)18(34)24-7-16(31)28-13(5-10-6-23-9-26-10)19(35)25-8-15(30)27-12(20(36)37)2-4-17(32)33/h6,9,11-13H,1-5,7-8,21H2,(H2,22,29)(H,23,26)(H,24,34)(H,25,35)(H,27,30)(H,28,31)(H,32,33)(H,36,37)/t11-,12-,13-/m0/s1. The lowest BCUT2D eigenvalue weighted by Crippen LogP contribution is -2.53. The van der Waals surface area contributed by atoms with Gasteiger partial charge in [0.2, 0.25) is 29.5 Å². The van der Waals surface area contributed by atoms with Gasteiger partial charge in [0.1, 0.15) is 12.1 Å². The van der Waals surface area contributed by atoms with Gasteiger partial charge in [0, 0.05) is 31.2 Å². The smallest absolute Gasteiger partial charge is 0.326 e. The van der Waals surface area contributed by atoms with Gasteiger partial charge in [-0.3, -0.25) is 28.8 Å². The first kappa shape index (κ1) is 30.5. The summed E-state index contributed by atoms with van der Waals surface area (Å²) in [6, 6.07) is -3.77. The lowest BCUT2D eigenvalue weighted by atomic mass is 10.1. The second-order valence-corrected chi connectivity index (χ2v) is 7.84. The van der Waals surface area contributed by atoms with E-state index in [-0.39, 0.29) is 25.7 Å². The number of nitrogens with two attached hydrogens (primary N) is 2. The normalized spacial score (nSPS) is 12.9. The Kier molecular flexibility index (Phi) is 12.7. The fourth-order valence-corrected chi connectivity index (χ4v) is 2.86. The summed E-state index contributed by atoms with van der Waals surface area (Å²) in [4.78, 5) is 88.2. The molecule has 0 radical (unpaired) electrons. The number of carboxylic acids is 2. The van der Waals surface area contributed by atoms with Crippen LogP contribution in [0, 0.1) is 0 Å². The Morgan fingerprint density at radius 1 is 0.892 bits per heavy atom. The van der Waals surface area contributed by atoms with E-state index >= 15 is 0 Å². The topological polar surface area (TPSA) is 289 Å². The van der Waals surface area contributed by atoms with Gasteiger partial charge in [-0.1, -0.05) is 0 Å². The van der Waals surface area contributed by atoms with E-state index in [1.165, 1.54) is 12.5 Å². The van der Waals surface area contributed by atoms with E-state index in [1.54, 1.807) is 0 Å². The number of carbonyl (C=O) groups is 7. The zero-order valence-electron chi connectivity index (χ0n) is 19.7. The lowest BCUT2D eigenvalue weighted by molar-refractivity contribution is -0.143. The molecule has 0 fully saturated rings. The molecule has 1 rings (SSSR count). The summed E-state index contributed by atoms with van der Waals surface area (Å²) in [5, 5.41) is 26.8. The van der Waals surface area contributed by atoms with E-state index in [2.05, 4.69) is 31.2 Å². The summed E-state index contributed by atoms with van der Waals surface area (Å²) >= 11 is 0. The highest BCUT2D eigenvalue weighted by Gasteiger charge is 2.25. The van der Waals surface area contributed by atoms with Crippen molar-refractivity contribution in [3.8, 4) is 0 Å². The quantitative estimate of drug-likeness (QED) is 0.0935. The highest BCUT2D eigenvalue weighted by molar-refractivity contribution is 5.93. The number of H-pyrrole nitrogens is 1. The van der Waals surface area contributed by atoms with E-state index in [0.29, 0.717) is 5.69 Å². The molecule has 0 spiro atoms. The number of aromatic nitrogens is 2. The first-order valence-electron chi connectivity index (χ1n) is 11.0. The van der Waals surface area contributed by atoms with Crippen LogP contribution in [0.5, 0.6) is 0 Å². The Morgan fingerprint density at radius 2 is 1.49 bits per heavy atom. The third-order valence-corrected chi connectivity index (χ3v) is 4.80. The number of rotatable bonds is 17. The van der Waals surface area contributed by atoms with Crippen LogP contribution in [0.4, 0.5) is 0 Å². The highest BCUT2D eigenvalue weighted by Crippen LogP contribution is 2.00. The third-order valence-electron chi connectivity index (χ3n) is 4.80. The Balaban J connectivity index is 2.67. The Bertz CT molecular complexity index is 982. The molecule has 37 heavy (non-hydrogen) atoms. The second-order valence-electron chi connectivity index (χ2n) is 7.84. The number of aromatic amines is 1. The summed E-state index contributed by atoms with van der Waals surface area (Å²) in [7, 11) is 0. The van der Waals surface area contributed by atoms with E-state index in [9.17, 15) is 33.6 Å². The summed E-state index contributed by atoms with van der Waals surface area (Å²) in [5.74, 6) is -6.49. The summed E-state index contributed by atoms with van der Waals surface area (Å²) in [6.45, 7) is -1.20. The first-order valence-corrected chi connectivity index (χ1v) is 11.0. The molecule has 1 heterocycles. The monoisotopic (exact) mass is 526 g/mol. The molecule has 0 saturated carbocycles. The maximum absolute atomic E-state index is 12.7. The van der Waals surface area contributed by atoms with Gasteiger partial charge in [0.15, 0.2) is 0 Å². The van der Waals surface area contributed by atoms with Crippen LogP contribution >= 0.6 is 0 Å². The number of imidazole rings is 1. The molecule has 204 valence electrons. The van der Waals surface area contributed by atoms with Gasteiger partial charge in [0.05, 0.1) is 25.5 Å². The number of nitrogens with one attached hydrogen (secondary N) is 5. The van der Waals surface area contributed by atoms with Crippen molar-refractivity contribution in [1.82, 2.24) is 31.2 Å². The molecule has 5 amide bonds. The molecule has 1 aromatic rings. The number of amides is 5. The first-order chi connectivity index (χ1) is 17.4. The number of nitrogens with zero attached hydrogens (tertiary/aromatic N) is 1. The number of carbonyl (C=O) groups excluding carboxylic acids is 5. The molecular formula is C20H30N8O9. The predicted molar refractivity (Wildman–Crippen MR) is 123 cm³/mol. The van der Waals surface area contributed by atoms with Gasteiger partial charge in [-0.15, -0.1) is 0 Å². The summed E-state index contributed by atoms with van der Waals surface area (Å²) < 4.78 is 0. The fraction of sp³-hybridized carbons (Fsp3) is 0.500. The maximum Gasteiger partial charge on any atom is 0.326 e. The second kappa shape index (κ2) is 15.5. The number of aliphatic carboxylic acids is 2. The Hall–Kier alpha value is -4.54. The fourth-order valence-electron chi connectivity index (χ4n) is 2.86. The molecule has 1 aromatic heterocycles. The molecule has 0 aliphatic rings. The van der Waals surface area contributed by atoms with Crippen LogP contribution in [-0.2, 0) is 40.0 Å². The highest BCUT2D eigenvalue weighted by atomic mass is 16.4. The molecule has 17 nitrogen and oxygen atoms in total. The van der Waals surface area contributed by atoms with Crippen LogP contribution in [0.2, 0.25) is 0 Å². The van der Waals surface area contributed by atoms with Crippen molar-refractivity contribution in [2.75, 3.05) is 13.1 Å². The zero-order chi connectivity index (χ0) is 28.0. The number of carboxylic acid groups (broad SMARTS) is 2. The Labute approximate surface area is 210 Å². The largest absolute Gasteiger partial charge is 0.481 e. The third kappa shape index (κ3) is 12.6. The van der Waals surface area contributed by atoms with Crippen molar-refractivity contribution < 1.29 is 43.8 Å². The van der Waals surface area contributed by atoms with Crippen LogP contribution in [0.3, 0.4) is 0 Å². The molecule has 0 saturated heterocycles. The van der Waals surface area contributed by atoms with Crippen molar-refractivity contribution >= 4 is 41.5 Å². The Morgan fingerprint density at radius 3 is 2.00 bits per heavy atom. The van der Waals surface area contributed by atoms with Crippen molar-refractivity contribution in [1.29, 1.82) is 0 Å². The average molecular weight is 527 g/mol. The van der Waals surface area contributed by atoms with Gasteiger partial charge in [0.25, 0.3) is 0 Å². The number of hydrogen-bond donors (Lipinski definition) is 9. The summed E-state index contributed by atoms with van der Waals surface area (Å²) in [6.07, 6.45) is 1.69. The minimum Gasteiger partial charge on any atom is -0.481 e. The van der Waals surface area contributed by atoms with Crippen LogP contribution in [-0.4, -0.2) is 92.9 Å². The van der Waals surface area contributed by atoms with E-state index in [0.717, 1.165) is 0 Å². The number of hydrogen-bond acceptors (Lipinski definition) is 9. The number of primary amides is 1. The van der Waals surface area contributed by atoms with Crippen molar-refractivity contribution in [3.63, 3.8) is 0 Å². The van der Waals surface area contributed by atoms with Crippen molar-refractivity contribution in [2.45, 2.75) is 50.2 Å². The van der Waals surface area contributed by atoms with Crippen LogP contribution in [0.25, 0.3) is 0 Å². The van der Waals surface area contributed by atoms with Crippen molar-refractivity contribution in [2.24, 2.45) is 11.5 Å². The predicted octanol–water partition coefficient (Wildman–Crippen LogP) is -4.30. The van der Waals surface area contributed by atoms with Crippen LogP contribution < -0.4 is 32.7 Å². The maximum atomic E-state index is 12.7. The zero-order valence-corrected chi connectivity index (χ0v) is 19.7. The molecule has 11 N–H and O–H groups in total. The molecule has 0 bridgehead atoms. The van der Waals surface area contributed by atoms with Crippen LogP contribution in [0.15, 0.2) is 12.5 Å². The van der Waals surface area contributed by atoms with E-state index in [4.69, 9.17) is 21.7 Å². The van der Waals surface area contributed by atoms with Crippen LogP contribution in [0.1, 0.15) is 31.4 Å². The average Bonchev–Trinajstić information content (AvgIpc) is 3.34. The minimum absolute atomic E-state index is 0.0191. The summed E-state index contributed by atoms with van der Waals surface area (Å²) in [5.41, 5.74) is 11.1. The van der Waals surface area contributed by atoms with Gasteiger partial charge < -0.3 is 47.9 Å². The van der Waals surface area contributed by atoms with Gasteiger partial charge >= 0.3 is 11.9 Å². The molecular weight excluding hydrogens is 496 g/mol. The molecule has 17 heteroatoms. The van der Waals surface area contributed by atoms with E-state index < -0.39 is 79.1 Å². The lowest BCUT2D eigenvalue weighted by Gasteiger charge is -2.19. The SMILES string of the molecule is NC(=O)CC[C@H](N)C(=O)NCC(=O)N[C@@H](Cc1cnc[nH]1)C(=O)NCC(=O)N[C@@H](CCC(=O)O)C(=O)O. The minimum atomic E-state index is -1.47. The van der Waals surface area contributed by atoms with Gasteiger partial charge in [-0.05, 0) is 12.8 Å². The van der Waals surface area contributed by atoms with Gasteiger partial charge in [-0.2, -0.15) is 0 Å². The van der Waals surface area contributed by atoms with Crippen molar-refractivity contribution in [3.05, 3.63) is 18.2 Å². The molecule has 3 atom stereocenters. The molecule has 0 unspecified atom stereocenters. The van der Waals surface area contributed by atoms with Gasteiger partial charge in [-0.25, -0.2) is 9.78 Å². The molecule has 0 aliphatic carbocycles.